The number of rotatable bonds is 11. The Morgan fingerprint density at radius 2 is 1.88 bits per heavy atom. The van der Waals surface area contributed by atoms with Crippen molar-refractivity contribution in [2.75, 3.05) is 23.8 Å². The first-order valence-corrected chi connectivity index (χ1v) is 19.4. The lowest BCUT2D eigenvalue weighted by atomic mass is 9.89. The van der Waals surface area contributed by atoms with Gasteiger partial charge in [-0.05, 0) is 32.0 Å². The first-order valence-electron chi connectivity index (χ1n) is 16.5. The highest BCUT2D eigenvalue weighted by atomic mass is 32.2. The molecule has 59 heavy (non-hydrogen) atoms. The Morgan fingerprint density at radius 1 is 1.15 bits per heavy atom. The maximum Gasteiger partial charge on any atom is 0.433 e. The number of carboxylic acids is 1. The number of nitrogen functional groups attached to an aromatic ring is 1. The minimum absolute atomic E-state index is 0.0231. The molecule has 0 spiro atoms. The fourth-order valence-electron chi connectivity index (χ4n) is 5.42. The van der Waals surface area contributed by atoms with Crippen molar-refractivity contribution < 1.29 is 67.2 Å². The first kappa shape index (κ1) is 42.3. The van der Waals surface area contributed by atoms with Crippen molar-refractivity contribution in [2.45, 2.75) is 37.0 Å². The number of hydrogen-bond acceptors (Lipinski definition) is 18. The third-order valence-electron chi connectivity index (χ3n) is 8.69. The molecule has 0 saturated carbocycles. The molecule has 1 aromatic heterocycles. The van der Waals surface area contributed by atoms with Gasteiger partial charge in [-0.3, -0.25) is 34.8 Å². The van der Waals surface area contributed by atoms with Gasteiger partial charge in [-0.25, -0.2) is 19.8 Å². The number of fused-ring (bicyclic) bond motifs is 2. The number of carbonyl (C=O) groups excluding carboxylic acids is 4. The highest BCUT2D eigenvalue weighted by Gasteiger charge is 2.58. The van der Waals surface area contributed by atoms with Crippen molar-refractivity contribution in [3.8, 4) is 11.5 Å². The summed E-state index contributed by atoms with van der Waals surface area (Å²) in [5.74, 6) is -6.90. The van der Waals surface area contributed by atoms with Gasteiger partial charge in [0, 0.05) is 35.1 Å². The Kier molecular flexibility index (Phi) is 11.4. The fourth-order valence-corrected chi connectivity index (χ4v) is 8.84. The zero-order chi connectivity index (χ0) is 43.2. The van der Waals surface area contributed by atoms with Crippen LogP contribution >= 0.6 is 34.9 Å². The summed E-state index contributed by atoms with van der Waals surface area (Å²) in [5, 5.41) is 46.9. The number of anilines is 1. The van der Waals surface area contributed by atoms with Crippen LogP contribution in [0.1, 0.15) is 29.9 Å². The van der Waals surface area contributed by atoms with Gasteiger partial charge in [0.25, 0.3) is 17.7 Å². The number of nitrogens with two attached hydrogens (primary N) is 1. The maximum absolute atomic E-state index is 13.7. The quantitative estimate of drug-likeness (QED) is 0.0648. The predicted octanol–water partition coefficient (Wildman–Crippen LogP) is 0.674. The number of hydrazine groups is 3. The number of thioether (sulfide) groups is 2. The van der Waals surface area contributed by atoms with E-state index in [2.05, 4.69) is 36.8 Å². The Morgan fingerprint density at radius 3 is 2.51 bits per heavy atom. The van der Waals surface area contributed by atoms with Crippen LogP contribution in [0.25, 0.3) is 0 Å². The van der Waals surface area contributed by atoms with Crippen molar-refractivity contribution >= 4 is 87.1 Å². The van der Waals surface area contributed by atoms with E-state index in [4.69, 9.17) is 10.6 Å². The number of aliphatic carboxylic acids is 1. The molecular formula is C31H30F3N11O11S3. The lowest BCUT2D eigenvalue weighted by molar-refractivity contribution is -0.157. The number of nitrogens with zero attached hydrogens (tertiary/aromatic N) is 6. The molecule has 1 aromatic carbocycles. The van der Waals surface area contributed by atoms with E-state index in [9.17, 15) is 62.4 Å². The summed E-state index contributed by atoms with van der Waals surface area (Å²) in [6.45, 7) is 2.08. The SMILES string of the molecule is CC(C)(ON=C(C(=O)NC1C(=O)N2CC(CSC3=CC(C(F)(F)F)=NC4=CN(C(=O)O)NN43)(C(=O)O)CS[C@H]12)c1csc(N)n1)C(=O)NNC(=O)c1ccc(O)c(O)c1. The number of amides is 5. The van der Waals surface area contributed by atoms with Crippen molar-refractivity contribution in [3.05, 3.63) is 58.0 Å². The van der Waals surface area contributed by atoms with E-state index in [1.807, 2.05) is 0 Å². The zero-order valence-electron chi connectivity index (χ0n) is 30.0. The third kappa shape index (κ3) is 8.64. The molecule has 28 heteroatoms. The van der Waals surface area contributed by atoms with Crippen LogP contribution in [-0.4, -0.2) is 129 Å². The van der Waals surface area contributed by atoms with Gasteiger partial charge in [-0.2, -0.15) is 18.2 Å². The van der Waals surface area contributed by atoms with Crippen LogP contribution in [0.15, 0.2) is 56.9 Å². The number of carbonyl (C=O) groups is 6. The second-order valence-corrected chi connectivity index (χ2v) is 16.3. The predicted molar refractivity (Wildman–Crippen MR) is 201 cm³/mol. The topological polar surface area (TPSA) is 314 Å². The minimum atomic E-state index is -4.92. The number of carboxylic acid groups (broad SMARTS) is 2. The van der Waals surface area contributed by atoms with Gasteiger partial charge in [-0.1, -0.05) is 5.16 Å². The van der Waals surface area contributed by atoms with Crippen LogP contribution in [0.2, 0.25) is 0 Å². The number of hydrogen-bond donors (Lipinski definition) is 9. The Hall–Kier alpha value is -6.26. The number of β-lactam (4-membered cyclic amide) rings is 1. The molecule has 2 unspecified atom stereocenters. The number of oxime groups is 1. The average molecular weight is 886 g/mol. The highest BCUT2D eigenvalue weighted by molar-refractivity contribution is 8.03. The number of aromatic hydroxyl groups is 2. The van der Waals surface area contributed by atoms with Gasteiger partial charge < -0.3 is 41.2 Å². The molecule has 6 rings (SSSR count). The Balaban J connectivity index is 1.11. The normalized spacial score (nSPS) is 21.6. The van der Waals surface area contributed by atoms with Crippen molar-refractivity contribution in [3.63, 3.8) is 0 Å². The molecule has 22 nitrogen and oxygen atoms in total. The number of aliphatic imine (C=N–C) groups is 1. The molecular weight excluding hydrogens is 856 g/mol. The summed E-state index contributed by atoms with van der Waals surface area (Å²) in [5.41, 5.74) is 6.65. The second-order valence-electron chi connectivity index (χ2n) is 13.3. The molecule has 2 aromatic rings. The standard InChI is InChI=1S/C31H30F3N11O11S3/c1-29(2,25(51)40-39-21(48)12-3-4-14(46)15(47)5-12)56-41-19(13-8-57-27(35)36-13)22(49)38-20-23(50)43-9-30(26(52)53,11-59-24(20)43)10-58-18-6-16(31(32,33)34)37-17-7-44(28(54)55)42-45(17)18/h3-8,20,24,42,46-47H,9-11H2,1-2H3,(H2,35,36)(H,38,49)(H,39,48)(H,40,51)(H,52,53)(H,54,55)/t20?,24-,30?/m1/s1. The number of allylic oxidation sites excluding steroid dienone is 1. The molecule has 314 valence electrons. The van der Waals surface area contributed by atoms with Crippen LogP contribution in [0.3, 0.4) is 0 Å². The number of halogens is 3. The number of phenolic OH excluding ortho intramolecular Hbond substituents is 2. The van der Waals surface area contributed by atoms with E-state index in [1.54, 1.807) is 0 Å². The van der Waals surface area contributed by atoms with Crippen LogP contribution in [0, 0.1) is 5.41 Å². The number of phenols is 2. The van der Waals surface area contributed by atoms with Gasteiger partial charge >= 0.3 is 18.2 Å². The molecule has 4 aliphatic heterocycles. The van der Waals surface area contributed by atoms with Crippen molar-refractivity contribution in [1.29, 1.82) is 0 Å². The van der Waals surface area contributed by atoms with E-state index in [1.165, 1.54) is 30.2 Å². The van der Waals surface area contributed by atoms with E-state index in [-0.39, 0.29) is 32.9 Å². The van der Waals surface area contributed by atoms with Crippen LogP contribution < -0.4 is 27.4 Å². The lowest BCUT2D eigenvalue weighted by Gasteiger charge is -2.53. The fraction of sp³-hybridized carbons (Fsp3) is 0.323. The lowest BCUT2D eigenvalue weighted by Crippen LogP contribution is -2.74. The van der Waals surface area contributed by atoms with E-state index < -0.39 is 99.6 Å². The summed E-state index contributed by atoms with van der Waals surface area (Å²) in [7, 11) is 0. The van der Waals surface area contributed by atoms with Gasteiger partial charge in [0.15, 0.2) is 28.2 Å². The van der Waals surface area contributed by atoms with Gasteiger partial charge in [0.1, 0.15) is 28.2 Å². The highest BCUT2D eigenvalue weighted by Crippen LogP contribution is 2.45. The summed E-state index contributed by atoms with van der Waals surface area (Å²) < 4.78 is 41.0. The van der Waals surface area contributed by atoms with E-state index in [0.29, 0.717) is 22.8 Å². The minimum Gasteiger partial charge on any atom is -0.504 e. The molecule has 0 bridgehead atoms. The number of alkyl halides is 3. The largest absolute Gasteiger partial charge is 0.504 e. The van der Waals surface area contributed by atoms with E-state index >= 15 is 0 Å². The average Bonchev–Trinajstić information content (AvgIpc) is 3.82. The summed E-state index contributed by atoms with van der Waals surface area (Å²) >= 11 is 2.59. The van der Waals surface area contributed by atoms with Gasteiger partial charge in [-0.15, -0.1) is 40.4 Å². The molecule has 10 N–H and O–H groups in total. The number of nitrogens with one attached hydrogen (secondary N) is 4. The third-order valence-corrected chi connectivity index (χ3v) is 12.2. The smallest absolute Gasteiger partial charge is 0.433 e. The summed E-state index contributed by atoms with van der Waals surface area (Å²) in [6.07, 6.45) is -5.04. The van der Waals surface area contributed by atoms with Crippen molar-refractivity contribution in [1.82, 2.24) is 41.6 Å². The molecule has 3 atom stereocenters. The van der Waals surface area contributed by atoms with E-state index in [0.717, 1.165) is 46.4 Å². The molecule has 0 aliphatic carbocycles. The zero-order valence-corrected chi connectivity index (χ0v) is 32.5. The number of thiazole rings is 1. The number of benzene rings is 1. The van der Waals surface area contributed by atoms with Crippen LogP contribution in [-0.2, 0) is 24.0 Å². The molecule has 5 amide bonds. The van der Waals surface area contributed by atoms with Crippen molar-refractivity contribution in [2.24, 2.45) is 15.6 Å². The molecule has 2 fully saturated rings. The van der Waals surface area contributed by atoms with Crippen LogP contribution in [0.4, 0.5) is 23.1 Å². The summed E-state index contributed by atoms with van der Waals surface area (Å²) in [6, 6.07) is 1.97. The van der Waals surface area contributed by atoms with Gasteiger partial charge in [0.05, 0.1) is 11.2 Å². The monoisotopic (exact) mass is 885 g/mol. The summed E-state index contributed by atoms with van der Waals surface area (Å²) in [4.78, 5) is 90.7. The van der Waals surface area contributed by atoms with Gasteiger partial charge in [0.2, 0.25) is 11.5 Å². The van der Waals surface area contributed by atoms with Crippen LogP contribution in [0.5, 0.6) is 11.5 Å². The Labute approximate surface area is 340 Å². The Bertz CT molecular complexity index is 2270. The molecule has 2 saturated heterocycles. The molecule has 5 heterocycles. The second kappa shape index (κ2) is 15.8. The molecule has 4 aliphatic rings. The maximum atomic E-state index is 13.7. The first-order chi connectivity index (χ1) is 27.6. The number of aromatic nitrogens is 1. The molecule has 0 radical (unpaired) electrons.